The zero-order valence-corrected chi connectivity index (χ0v) is 17.8. The number of hydrogen-bond acceptors (Lipinski definition) is 5. The summed E-state index contributed by atoms with van der Waals surface area (Å²) in [6.07, 6.45) is 1.70. The molecule has 2 aromatic carbocycles. The molecule has 0 bridgehead atoms. The smallest absolute Gasteiger partial charge is 0.259 e. The van der Waals surface area contributed by atoms with Crippen LogP contribution in [0.1, 0.15) is 35.5 Å². The number of aryl methyl sites for hydroxylation is 2. The second kappa shape index (κ2) is 9.82. The van der Waals surface area contributed by atoms with Crippen molar-refractivity contribution < 1.29 is 19.0 Å². The van der Waals surface area contributed by atoms with Crippen molar-refractivity contribution in [1.29, 1.82) is 0 Å². The molecule has 3 rings (SSSR count). The van der Waals surface area contributed by atoms with Crippen LogP contribution in [0.5, 0.6) is 17.2 Å². The van der Waals surface area contributed by atoms with E-state index in [9.17, 15) is 4.79 Å². The first-order valence-electron chi connectivity index (χ1n) is 9.93. The molecule has 3 aromatic rings. The summed E-state index contributed by atoms with van der Waals surface area (Å²) in [6, 6.07) is 13.0. The van der Waals surface area contributed by atoms with Gasteiger partial charge in [-0.05, 0) is 62.7 Å². The van der Waals surface area contributed by atoms with Gasteiger partial charge in [0.15, 0.2) is 11.5 Å². The summed E-state index contributed by atoms with van der Waals surface area (Å²) in [4.78, 5) is 12.4. The Hall–Kier alpha value is -3.48. The molecule has 30 heavy (non-hydrogen) atoms. The number of carbonyl (C=O) groups is 1. The van der Waals surface area contributed by atoms with Gasteiger partial charge in [0.05, 0.1) is 24.5 Å². The zero-order chi connectivity index (χ0) is 21.5. The highest BCUT2D eigenvalue weighted by atomic mass is 16.5. The molecular formula is C23H27N3O4. The molecule has 7 heteroatoms. The van der Waals surface area contributed by atoms with Crippen molar-refractivity contribution in [2.75, 3.05) is 18.5 Å². The average molecular weight is 409 g/mol. The Morgan fingerprint density at radius 2 is 1.70 bits per heavy atom. The Balaban J connectivity index is 1.60. The number of amides is 1. The summed E-state index contributed by atoms with van der Waals surface area (Å²) in [5, 5.41) is 7.07. The van der Waals surface area contributed by atoms with Crippen molar-refractivity contribution in [2.24, 2.45) is 7.05 Å². The van der Waals surface area contributed by atoms with Crippen LogP contribution < -0.4 is 19.5 Å². The number of anilines is 1. The van der Waals surface area contributed by atoms with Gasteiger partial charge < -0.3 is 19.5 Å². The lowest BCUT2D eigenvalue weighted by atomic mass is 10.2. The third-order valence-corrected chi connectivity index (χ3v) is 4.38. The van der Waals surface area contributed by atoms with Gasteiger partial charge >= 0.3 is 0 Å². The van der Waals surface area contributed by atoms with Gasteiger partial charge in [-0.25, -0.2) is 0 Å². The van der Waals surface area contributed by atoms with E-state index >= 15 is 0 Å². The average Bonchev–Trinajstić information content (AvgIpc) is 3.07. The second-order valence-corrected chi connectivity index (χ2v) is 6.72. The number of carbonyl (C=O) groups excluding carboxylic acids is 1. The number of rotatable bonds is 9. The van der Waals surface area contributed by atoms with E-state index in [1.165, 1.54) is 0 Å². The van der Waals surface area contributed by atoms with E-state index in [4.69, 9.17) is 14.2 Å². The van der Waals surface area contributed by atoms with Gasteiger partial charge in [0.2, 0.25) is 0 Å². The predicted molar refractivity (Wildman–Crippen MR) is 115 cm³/mol. The molecule has 7 nitrogen and oxygen atoms in total. The number of hydrogen-bond donors (Lipinski definition) is 1. The Morgan fingerprint density at radius 1 is 1.00 bits per heavy atom. The summed E-state index contributed by atoms with van der Waals surface area (Å²) in [7, 11) is 1.79. The Morgan fingerprint density at radius 3 is 2.33 bits per heavy atom. The molecule has 0 unspecified atom stereocenters. The summed E-state index contributed by atoms with van der Waals surface area (Å²) in [5.74, 6) is 1.96. The first-order valence-corrected chi connectivity index (χ1v) is 9.93. The van der Waals surface area contributed by atoms with E-state index in [2.05, 4.69) is 10.4 Å². The minimum Gasteiger partial charge on any atom is -0.490 e. The summed E-state index contributed by atoms with van der Waals surface area (Å²) in [5.41, 5.74) is 2.91. The van der Waals surface area contributed by atoms with E-state index in [0.29, 0.717) is 48.3 Å². The third kappa shape index (κ3) is 5.31. The first-order chi connectivity index (χ1) is 14.5. The molecule has 1 N–H and O–H groups in total. The normalized spacial score (nSPS) is 10.5. The van der Waals surface area contributed by atoms with Crippen LogP contribution in [-0.2, 0) is 13.7 Å². The molecule has 0 spiro atoms. The fourth-order valence-corrected chi connectivity index (χ4v) is 3.01. The first kappa shape index (κ1) is 21.2. The zero-order valence-electron chi connectivity index (χ0n) is 17.8. The minimum atomic E-state index is -0.188. The van der Waals surface area contributed by atoms with E-state index in [-0.39, 0.29) is 5.91 Å². The largest absolute Gasteiger partial charge is 0.490 e. The highest BCUT2D eigenvalue weighted by molar-refractivity contribution is 6.04. The molecule has 1 aromatic heterocycles. The van der Waals surface area contributed by atoms with Gasteiger partial charge in [0, 0.05) is 18.9 Å². The summed E-state index contributed by atoms with van der Waals surface area (Å²) in [6.45, 7) is 7.23. The van der Waals surface area contributed by atoms with Crippen molar-refractivity contribution >= 4 is 11.6 Å². The van der Waals surface area contributed by atoms with Crippen molar-refractivity contribution in [3.05, 3.63) is 65.5 Å². The van der Waals surface area contributed by atoms with Gasteiger partial charge in [-0.15, -0.1) is 0 Å². The SMILES string of the molecule is CCOc1ccc(COc2ccc(NC(=O)c3cn(C)nc3C)cc2)cc1OCC. The maximum absolute atomic E-state index is 12.4. The fourth-order valence-electron chi connectivity index (χ4n) is 3.01. The molecule has 0 saturated heterocycles. The van der Waals surface area contributed by atoms with Crippen molar-refractivity contribution in [2.45, 2.75) is 27.4 Å². The predicted octanol–water partition coefficient (Wildman–Crippen LogP) is 4.36. The quantitative estimate of drug-likeness (QED) is 0.568. The van der Waals surface area contributed by atoms with E-state index in [1.807, 2.05) is 63.2 Å². The topological polar surface area (TPSA) is 74.6 Å². The lowest BCUT2D eigenvalue weighted by Crippen LogP contribution is -2.12. The summed E-state index contributed by atoms with van der Waals surface area (Å²) < 4.78 is 18.7. The molecule has 0 aliphatic carbocycles. The van der Waals surface area contributed by atoms with Crippen LogP contribution in [0.15, 0.2) is 48.7 Å². The van der Waals surface area contributed by atoms with Crippen LogP contribution >= 0.6 is 0 Å². The van der Waals surface area contributed by atoms with Crippen LogP contribution in [0.2, 0.25) is 0 Å². The second-order valence-electron chi connectivity index (χ2n) is 6.72. The third-order valence-electron chi connectivity index (χ3n) is 4.38. The van der Waals surface area contributed by atoms with Gasteiger partial charge in [-0.2, -0.15) is 5.10 Å². The van der Waals surface area contributed by atoms with Crippen molar-refractivity contribution in [1.82, 2.24) is 9.78 Å². The maximum Gasteiger partial charge on any atom is 0.259 e. The molecule has 0 fully saturated rings. The van der Waals surface area contributed by atoms with Crippen LogP contribution in [0.25, 0.3) is 0 Å². The fraction of sp³-hybridized carbons (Fsp3) is 0.304. The van der Waals surface area contributed by atoms with Gasteiger partial charge in [0.1, 0.15) is 12.4 Å². The highest BCUT2D eigenvalue weighted by Gasteiger charge is 2.12. The van der Waals surface area contributed by atoms with Gasteiger partial charge in [0.25, 0.3) is 5.91 Å². The van der Waals surface area contributed by atoms with E-state index in [1.54, 1.807) is 17.9 Å². The van der Waals surface area contributed by atoms with Crippen LogP contribution in [0.3, 0.4) is 0 Å². The number of aromatic nitrogens is 2. The molecule has 0 atom stereocenters. The maximum atomic E-state index is 12.4. The Kier molecular flexibility index (Phi) is 6.95. The standard InChI is InChI=1S/C23H27N3O4/c1-5-28-21-12-7-17(13-22(21)29-6-2)15-30-19-10-8-18(9-11-19)24-23(27)20-14-26(4)25-16(20)3/h7-14H,5-6,15H2,1-4H3,(H,24,27). The number of benzene rings is 2. The van der Waals surface area contributed by atoms with Gasteiger partial charge in [-0.3, -0.25) is 9.48 Å². The van der Waals surface area contributed by atoms with Crippen LogP contribution in [0.4, 0.5) is 5.69 Å². The summed E-state index contributed by atoms with van der Waals surface area (Å²) >= 11 is 0. The van der Waals surface area contributed by atoms with Crippen molar-refractivity contribution in [3.63, 3.8) is 0 Å². The molecule has 0 aliphatic heterocycles. The molecule has 158 valence electrons. The minimum absolute atomic E-state index is 0.188. The number of nitrogens with zero attached hydrogens (tertiary/aromatic N) is 2. The van der Waals surface area contributed by atoms with Crippen molar-refractivity contribution in [3.8, 4) is 17.2 Å². The number of nitrogens with one attached hydrogen (secondary N) is 1. The molecule has 0 radical (unpaired) electrons. The molecular weight excluding hydrogens is 382 g/mol. The Labute approximate surface area is 176 Å². The Bertz CT molecular complexity index is 996. The molecule has 1 amide bonds. The van der Waals surface area contributed by atoms with E-state index in [0.717, 1.165) is 11.3 Å². The monoisotopic (exact) mass is 409 g/mol. The molecule has 1 heterocycles. The number of ether oxygens (including phenoxy) is 3. The van der Waals surface area contributed by atoms with E-state index < -0.39 is 0 Å². The molecule has 0 aliphatic rings. The molecule has 0 saturated carbocycles. The highest BCUT2D eigenvalue weighted by Crippen LogP contribution is 2.29. The van der Waals surface area contributed by atoms with Crippen LogP contribution in [0, 0.1) is 6.92 Å². The van der Waals surface area contributed by atoms with Crippen LogP contribution in [-0.4, -0.2) is 28.9 Å². The lowest BCUT2D eigenvalue weighted by Gasteiger charge is -2.13. The van der Waals surface area contributed by atoms with Gasteiger partial charge in [-0.1, -0.05) is 6.07 Å². The lowest BCUT2D eigenvalue weighted by molar-refractivity contribution is 0.102.